The Labute approximate surface area is 98.0 Å². The molecule has 4 heteroatoms. The molecule has 0 saturated carbocycles. The van der Waals surface area contributed by atoms with Crippen molar-refractivity contribution in [3.63, 3.8) is 0 Å². The van der Waals surface area contributed by atoms with Crippen LogP contribution in [0, 0.1) is 12.7 Å². The molecule has 2 rings (SSSR count). The number of pyridine rings is 1. The van der Waals surface area contributed by atoms with Crippen LogP contribution in [0.3, 0.4) is 0 Å². The fourth-order valence-corrected chi connectivity index (χ4v) is 1.76. The van der Waals surface area contributed by atoms with Crippen molar-refractivity contribution in [1.29, 1.82) is 0 Å². The monoisotopic (exact) mass is 239 g/mol. The van der Waals surface area contributed by atoms with Crippen molar-refractivity contribution in [1.82, 2.24) is 4.98 Å². The highest BCUT2D eigenvalue weighted by atomic mass is 35.5. The Morgan fingerprint density at radius 2 is 2.19 bits per heavy atom. The SMILES string of the molecule is CCOc1c(F)c(Cl)nc2cc(C)ccc12. The van der Waals surface area contributed by atoms with Gasteiger partial charge in [0.15, 0.2) is 10.9 Å². The van der Waals surface area contributed by atoms with Crippen molar-refractivity contribution in [3.8, 4) is 5.75 Å². The van der Waals surface area contributed by atoms with Crippen LogP contribution in [0.25, 0.3) is 10.9 Å². The molecule has 1 aromatic carbocycles. The maximum absolute atomic E-state index is 13.7. The normalized spacial score (nSPS) is 10.8. The molecule has 0 N–H and O–H groups in total. The van der Waals surface area contributed by atoms with Crippen LogP contribution in [-0.4, -0.2) is 11.6 Å². The predicted octanol–water partition coefficient (Wildman–Crippen LogP) is 3.73. The number of rotatable bonds is 2. The molecule has 0 unspecified atom stereocenters. The molecule has 1 heterocycles. The summed E-state index contributed by atoms with van der Waals surface area (Å²) >= 11 is 5.71. The third-order valence-electron chi connectivity index (χ3n) is 2.29. The van der Waals surface area contributed by atoms with Crippen LogP contribution in [0.5, 0.6) is 5.75 Å². The molecule has 1 aromatic heterocycles. The molecule has 2 nitrogen and oxygen atoms in total. The number of nitrogens with zero attached hydrogens (tertiary/aromatic N) is 1. The molecule has 0 atom stereocenters. The summed E-state index contributed by atoms with van der Waals surface area (Å²) in [6.45, 7) is 4.13. The van der Waals surface area contributed by atoms with Gasteiger partial charge in [0.05, 0.1) is 12.1 Å². The van der Waals surface area contributed by atoms with E-state index in [9.17, 15) is 4.39 Å². The molecule has 0 aliphatic rings. The van der Waals surface area contributed by atoms with Crippen LogP contribution < -0.4 is 4.74 Å². The topological polar surface area (TPSA) is 22.1 Å². The Kier molecular flexibility index (Phi) is 2.97. The van der Waals surface area contributed by atoms with E-state index in [0.29, 0.717) is 17.5 Å². The zero-order chi connectivity index (χ0) is 11.7. The second kappa shape index (κ2) is 4.26. The van der Waals surface area contributed by atoms with Gasteiger partial charge >= 0.3 is 0 Å². The van der Waals surface area contributed by atoms with E-state index in [1.165, 1.54) is 0 Å². The second-order valence-corrected chi connectivity index (χ2v) is 3.86. The zero-order valence-corrected chi connectivity index (χ0v) is 9.81. The van der Waals surface area contributed by atoms with Crippen molar-refractivity contribution in [2.24, 2.45) is 0 Å². The lowest BCUT2D eigenvalue weighted by molar-refractivity contribution is 0.325. The van der Waals surface area contributed by atoms with Gasteiger partial charge in [0.25, 0.3) is 0 Å². The molecule has 0 bridgehead atoms. The van der Waals surface area contributed by atoms with Crippen molar-refractivity contribution in [3.05, 3.63) is 34.7 Å². The minimum absolute atomic E-state index is 0.151. The van der Waals surface area contributed by atoms with Gasteiger partial charge in [-0.05, 0) is 31.5 Å². The summed E-state index contributed by atoms with van der Waals surface area (Å²) in [6.07, 6.45) is 0. The van der Waals surface area contributed by atoms with Crippen LogP contribution in [0.2, 0.25) is 5.15 Å². The Bertz CT molecular complexity index is 542. The van der Waals surface area contributed by atoms with Crippen molar-refractivity contribution < 1.29 is 9.13 Å². The molecule has 0 radical (unpaired) electrons. The molecule has 16 heavy (non-hydrogen) atoms. The zero-order valence-electron chi connectivity index (χ0n) is 9.05. The number of ether oxygens (including phenoxy) is 1. The molecular formula is C12H11ClFNO. The molecule has 84 valence electrons. The fourth-order valence-electron chi connectivity index (χ4n) is 1.58. The van der Waals surface area contributed by atoms with Crippen molar-refractivity contribution in [2.45, 2.75) is 13.8 Å². The molecular weight excluding hydrogens is 229 g/mol. The Hall–Kier alpha value is -1.35. The molecule has 0 fully saturated rings. The van der Waals surface area contributed by atoms with E-state index in [1.807, 2.05) is 19.1 Å². The highest BCUT2D eigenvalue weighted by Gasteiger charge is 2.14. The van der Waals surface area contributed by atoms with Gasteiger partial charge in [0.2, 0.25) is 5.82 Å². The number of aryl methyl sites for hydroxylation is 1. The summed E-state index contributed by atoms with van der Waals surface area (Å²) in [6, 6.07) is 5.53. The largest absolute Gasteiger partial charge is 0.490 e. The van der Waals surface area contributed by atoms with Gasteiger partial charge in [-0.3, -0.25) is 0 Å². The summed E-state index contributed by atoms with van der Waals surface area (Å²) in [7, 11) is 0. The lowest BCUT2D eigenvalue weighted by atomic mass is 10.1. The van der Waals surface area contributed by atoms with Crippen LogP contribution in [-0.2, 0) is 0 Å². The van der Waals surface area contributed by atoms with E-state index in [-0.39, 0.29) is 10.9 Å². The molecule has 0 aliphatic heterocycles. The first-order chi connectivity index (χ1) is 7.63. The Balaban J connectivity index is 2.77. The minimum atomic E-state index is -0.597. The molecule has 0 amide bonds. The summed E-state index contributed by atoms with van der Waals surface area (Å²) in [5.41, 5.74) is 1.69. The van der Waals surface area contributed by atoms with E-state index in [0.717, 1.165) is 5.56 Å². The number of halogens is 2. The predicted molar refractivity (Wildman–Crippen MR) is 62.6 cm³/mol. The summed E-state index contributed by atoms with van der Waals surface area (Å²) in [4.78, 5) is 3.99. The van der Waals surface area contributed by atoms with Crippen LogP contribution in [0.1, 0.15) is 12.5 Å². The standard InChI is InChI=1S/C12H11ClFNO/c1-3-16-11-8-5-4-7(2)6-9(8)15-12(13)10(11)14/h4-6H,3H2,1-2H3. The Morgan fingerprint density at radius 3 is 2.88 bits per heavy atom. The average molecular weight is 240 g/mol. The fraction of sp³-hybridized carbons (Fsp3) is 0.250. The van der Waals surface area contributed by atoms with E-state index in [4.69, 9.17) is 16.3 Å². The third kappa shape index (κ3) is 1.83. The highest BCUT2D eigenvalue weighted by molar-refractivity contribution is 6.30. The maximum atomic E-state index is 13.7. The number of hydrogen-bond acceptors (Lipinski definition) is 2. The second-order valence-electron chi connectivity index (χ2n) is 3.50. The van der Waals surface area contributed by atoms with Crippen LogP contribution >= 0.6 is 11.6 Å². The maximum Gasteiger partial charge on any atom is 0.202 e. The third-order valence-corrected chi connectivity index (χ3v) is 2.54. The average Bonchev–Trinajstić information content (AvgIpc) is 2.24. The van der Waals surface area contributed by atoms with Gasteiger partial charge in [-0.15, -0.1) is 0 Å². The Morgan fingerprint density at radius 1 is 1.44 bits per heavy atom. The van der Waals surface area contributed by atoms with Gasteiger partial charge in [-0.1, -0.05) is 17.7 Å². The van der Waals surface area contributed by atoms with Gasteiger partial charge in [-0.2, -0.15) is 4.39 Å². The first kappa shape index (κ1) is 11.1. The van der Waals surface area contributed by atoms with Crippen LogP contribution in [0.4, 0.5) is 4.39 Å². The number of aromatic nitrogens is 1. The molecule has 2 aromatic rings. The summed E-state index contributed by atoms with van der Waals surface area (Å²) in [5, 5.41) is 0.496. The van der Waals surface area contributed by atoms with E-state index in [1.54, 1.807) is 13.0 Å². The van der Waals surface area contributed by atoms with Crippen molar-refractivity contribution in [2.75, 3.05) is 6.61 Å². The van der Waals surface area contributed by atoms with Crippen LogP contribution in [0.15, 0.2) is 18.2 Å². The number of fused-ring (bicyclic) bond motifs is 1. The first-order valence-electron chi connectivity index (χ1n) is 5.01. The van der Waals surface area contributed by atoms with Gasteiger partial charge in [-0.25, -0.2) is 4.98 Å². The lowest BCUT2D eigenvalue weighted by Crippen LogP contribution is -1.98. The van der Waals surface area contributed by atoms with E-state index in [2.05, 4.69) is 4.98 Å². The number of benzene rings is 1. The van der Waals surface area contributed by atoms with E-state index >= 15 is 0 Å². The lowest BCUT2D eigenvalue weighted by Gasteiger charge is -2.09. The smallest absolute Gasteiger partial charge is 0.202 e. The highest BCUT2D eigenvalue weighted by Crippen LogP contribution is 2.32. The van der Waals surface area contributed by atoms with Gasteiger partial charge in [0, 0.05) is 5.39 Å². The van der Waals surface area contributed by atoms with Gasteiger partial charge < -0.3 is 4.74 Å². The molecule has 0 saturated heterocycles. The molecule has 0 aliphatic carbocycles. The minimum Gasteiger partial charge on any atom is -0.490 e. The van der Waals surface area contributed by atoms with E-state index < -0.39 is 5.82 Å². The number of hydrogen-bond donors (Lipinski definition) is 0. The first-order valence-corrected chi connectivity index (χ1v) is 5.39. The summed E-state index contributed by atoms with van der Waals surface area (Å²) in [5.74, 6) is -0.419. The quantitative estimate of drug-likeness (QED) is 0.745. The van der Waals surface area contributed by atoms with Crippen molar-refractivity contribution >= 4 is 22.5 Å². The van der Waals surface area contributed by atoms with Gasteiger partial charge in [0.1, 0.15) is 0 Å². The summed E-state index contributed by atoms with van der Waals surface area (Å²) < 4.78 is 19.0. The molecule has 0 spiro atoms.